The number of halogens is 5. The molecule has 1 aromatic carbocycles. The van der Waals surface area contributed by atoms with Crippen LogP contribution in [0.5, 0.6) is 0 Å². The second kappa shape index (κ2) is 4.21. The summed E-state index contributed by atoms with van der Waals surface area (Å²) in [6, 6.07) is 1.69. The summed E-state index contributed by atoms with van der Waals surface area (Å²) in [5.74, 6) is -10.4. The lowest BCUT2D eigenvalue weighted by atomic mass is 10.1. The summed E-state index contributed by atoms with van der Waals surface area (Å²) < 4.78 is 65.3. The van der Waals surface area contributed by atoms with Gasteiger partial charge >= 0.3 is 0 Å². The molecule has 2 aromatic rings. The fraction of sp³-hybridized carbons (Fsp3) is 0. The summed E-state index contributed by atoms with van der Waals surface area (Å²) in [6.45, 7) is 0. The zero-order valence-corrected chi connectivity index (χ0v) is 8.40. The summed E-state index contributed by atoms with van der Waals surface area (Å²) >= 11 is 0. The van der Waals surface area contributed by atoms with Crippen LogP contribution in [-0.2, 0) is 0 Å². The highest BCUT2D eigenvalue weighted by Gasteiger charge is 2.27. The Morgan fingerprint density at radius 3 is 1.78 bits per heavy atom. The number of nitrogens with one attached hydrogen (secondary N) is 1. The second-order valence-electron chi connectivity index (χ2n) is 3.25. The van der Waals surface area contributed by atoms with Crippen molar-refractivity contribution in [1.82, 2.24) is 10.2 Å². The van der Waals surface area contributed by atoms with Gasteiger partial charge in [-0.15, -0.1) is 0 Å². The molecule has 0 fully saturated rings. The Morgan fingerprint density at radius 2 is 1.33 bits per heavy atom. The number of benzene rings is 1. The van der Waals surface area contributed by atoms with Crippen LogP contribution >= 0.6 is 0 Å². The molecule has 0 radical (unpaired) electrons. The highest BCUT2D eigenvalue weighted by molar-refractivity contribution is 5.60. The van der Waals surface area contributed by atoms with E-state index < -0.39 is 45.9 Å². The maximum absolute atomic E-state index is 13.3. The molecule has 0 atom stereocenters. The van der Waals surface area contributed by atoms with Crippen molar-refractivity contribution in [2.24, 2.45) is 0 Å². The second-order valence-corrected chi connectivity index (χ2v) is 3.25. The minimum Gasteiger partial charge on any atom is -0.268 e. The van der Waals surface area contributed by atoms with Crippen molar-refractivity contribution in [1.29, 1.82) is 0 Å². The first-order valence-electron chi connectivity index (χ1n) is 4.51. The van der Waals surface area contributed by atoms with Gasteiger partial charge in [0.1, 0.15) is 0 Å². The first-order valence-corrected chi connectivity index (χ1v) is 4.51. The van der Waals surface area contributed by atoms with E-state index in [1.807, 2.05) is 5.10 Å². The number of hydrogen-bond donors (Lipinski definition) is 1. The Bertz CT molecular complexity index is 633. The predicted octanol–water partition coefficient (Wildman–Crippen LogP) is 2.13. The van der Waals surface area contributed by atoms with Gasteiger partial charge in [-0.3, -0.25) is 4.79 Å². The van der Waals surface area contributed by atoms with Gasteiger partial charge < -0.3 is 0 Å². The van der Waals surface area contributed by atoms with Crippen molar-refractivity contribution in [3.05, 3.63) is 51.6 Å². The summed E-state index contributed by atoms with van der Waals surface area (Å²) in [7, 11) is 0. The molecule has 1 heterocycles. The summed E-state index contributed by atoms with van der Waals surface area (Å²) in [5, 5.41) is 5.04. The van der Waals surface area contributed by atoms with Crippen molar-refractivity contribution in [2.45, 2.75) is 0 Å². The third-order valence-corrected chi connectivity index (χ3v) is 2.15. The minimum absolute atomic E-state index is 0.567. The van der Waals surface area contributed by atoms with Crippen molar-refractivity contribution in [3.63, 3.8) is 0 Å². The largest absolute Gasteiger partial charge is 0.268 e. The van der Waals surface area contributed by atoms with Crippen molar-refractivity contribution in [2.75, 3.05) is 0 Å². The molecule has 0 spiro atoms. The monoisotopic (exact) mass is 262 g/mol. The number of H-pyrrole nitrogens is 1. The van der Waals surface area contributed by atoms with Gasteiger partial charge in [-0.2, -0.15) is 5.10 Å². The Balaban J connectivity index is 2.79. The number of rotatable bonds is 1. The molecule has 0 bridgehead atoms. The molecule has 1 N–H and O–H groups in total. The van der Waals surface area contributed by atoms with Crippen molar-refractivity contribution < 1.29 is 22.0 Å². The summed E-state index contributed by atoms with van der Waals surface area (Å²) in [4.78, 5) is 10.7. The van der Waals surface area contributed by atoms with Gasteiger partial charge in [0.05, 0.1) is 11.3 Å². The smallest absolute Gasteiger partial charge is 0.264 e. The average molecular weight is 262 g/mol. The van der Waals surface area contributed by atoms with Crippen molar-refractivity contribution >= 4 is 0 Å². The first kappa shape index (κ1) is 12.2. The molecule has 0 aliphatic heterocycles. The van der Waals surface area contributed by atoms with Crippen molar-refractivity contribution in [3.8, 4) is 11.3 Å². The number of aromatic amines is 1. The van der Waals surface area contributed by atoms with E-state index in [1.165, 1.54) is 0 Å². The van der Waals surface area contributed by atoms with E-state index in [4.69, 9.17) is 0 Å². The molecule has 1 aromatic heterocycles. The quantitative estimate of drug-likeness (QED) is 0.486. The Hall–Kier alpha value is -2.25. The fourth-order valence-corrected chi connectivity index (χ4v) is 1.31. The zero-order chi connectivity index (χ0) is 13.4. The van der Waals surface area contributed by atoms with Gasteiger partial charge in [-0.1, -0.05) is 0 Å². The summed E-state index contributed by atoms with van der Waals surface area (Å²) in [6.07, 6.45) is 0. The van der Waals surface area contributed by atoms with E-state index in [0.717, 1.165) is 12.1 Å². The summed E-state index contributed by atoms with van der Waals surface area (Å²) in [5.41, 5.74) is -2.44. The van der Waals surface area contributed by atoms with Gasteiger partial charge in [-0.05, 0) is 6.07 Å². The van der Waals surface area contributed by atoms with E-state index in [2.05, 4.69) is 5.10 Å². The molecule has 2 rings (SSSR count). The van der Waals surface area contributed by atoms with E-state index >= 15 is 0 Å². The highest BCUT2D eigenvalue weighted by Crippen LogP contribution is 2.29. The third-order valence-electron chi connectivity index (χ3n) is 2.15. The lowest BCUT2D eigenvalue weighted by Crippen LogP contribution is -2.09. The maximum atomic E-state index is 13.3. The van der Waals surface area contributed by atoms with Gasteiger partial charge in [0.15, 0.2) is 23.3 Å². The van der Waals surface area contributed by atoms with Crippen LogP contribution in [0.2, 0.25) is 0 Å². The van der Waals surface area contributed by atoms with E-state index in [0.29, 0.717) is 0 Å². The Labute approximate surface area is 95.9 Å². The maximum Gasteiger partial charge on any atom is 0.264 e. The Kier molecular flexibility index (Phi) is 2.85. The van der Waals surface area contributed by atoms with Crippen LogP contribution in [0.4, 0.5) is 22.0 Å². The van der Waals surface area contributed by atoms with Crippen LogP contribution in [0.15, 0.2) is 16.9 Å². The zero-order valence-electron chi connectivity index (χ0n) is 8.40. The molecule has 0 aliphatic carbocycles. The standard InChI is InChI=1S/C10H3F5N2O/c11-6-5(3-1-2-4(18)17-16-3)7(12)9(14)10(15)8(6)13/h1-2H,(H,17,18). The van der Waals surface area contributed by atoms with Gasteiger partial charge in [-0.25, -0.2) is 27.1 Å². The molecule has 0 aliphatic rings. The molecule has 94 valence electrons. The van der Waals surface area contributed by atoms with Crippen LogP contribution < -0.4 is 5.56 Å². The number of hydrogen-bond acceptors (Lipinski definition) is 2. The van der Waals surface area contributed by atoms with Gasteiger partial charge in [0, 0.05) is 6.07 Å². The minimum atomic E-state index is -2.25. The van der Waals surface area contributed by atoms with Crippen LogP contribution in [-0.4, -0.2) is 10.2 Å². The molecule has 8 heteroatoms. The molecule has 0 unspecified atom stereocenters. The fourth-order valence-electron chi connectivity index (χ4n) is 1.31. The average Bonchev–Trinajstić information content (AvgIpc) is 2.36. The van der Waals surface area contributed by atoms with Crippen LogP contribution in [0.25, 0.3) is 11.3 Å². The van der Waals surface area contributed by atoms with Crippen LogP contribution in [0.3, 0.4) is 0 Å². The van der Waals surface area contributed by atoms with Crippen LogP contribution in [0.1, 0.15) is 0 Å². The Morgan fingerprint density at radius 1 is 0.833 bits per heavy atom. The first-order chi connectivity index (χ1) is 8.43. The molecule has 0 saturated heterocycles. The lowest BCUT2D eigenvalue weighted by Gasteiger charge is -2.06. The number of aromatic nitrogens is 2. The van der Waals surface area contributed by atoms with Gasteiger partial charge in [0.2, 0.25) is 5.82 Å². The highest BCUT2D eigenvalue weighted by atomic mass is 19.2. The third kappa shape index (κ3) is 1.75. The number of nitrogens with zero attached hydrogens (tertiary/aromatic N) is 1. The SMILES string of the molecule is O=c1ccc(-c2c(F)c(F)c(F)c(F)c2F)n[nH]1. The normalized spacial score (nSPS) is 10.7. The van der Waals surface area contributed by atoms with E-state index in [1.54, 1.807) is 0 Å². The van der Waals surface area contributed by atoms with E-state index in [9.17, 15) is 26.7 Å². The molecule has 0 amide bonds. The topological polar surface area (TPSA) is 45.8 Å². The molecular weight excluding hydrogens is 259 g/mol. The van der Waals surface area contributed by atoms with Gasteiger partial charge in [0.25, 0.3) is 5.56 Å². The molecular formula is C10H3F5N2O. The lowest BCUT2D eigenvalue weighted by molar-refractivity contribution is 0.381. The predicted molar refractivity (Wildman–Crippen MR) is 50.1 cm³/mol. The van der Waals surface area contributed by atoms with Crippen LogP contribution in [0, 0.1) is 29.1 Å². The molecule has 18 heavy (non-hydrogen) atoms. The molecule has 3 nitrogen and oxygen atoms in total. The van der Waals surface area contributed by atoms with E-state index in [-0.39, 0.29) is 0 Å². The molecule has 0 saturated carbocycles.